The van der Waals surface area contributed by atoms with Crippen molar-refractivity contribution < 1.29 is 32.9 Å². The third-order valence-corrected chi connectivity index (χ3v) is 6.26. The number of aliphatic hydroxyl groups is 1. The Hall–Kier alpha value is -2.71. The first kappa shape index (κ1) is 20.2. The average molecular weight is 431 g/mol. The van der Waals surface area contributed by atoms with Crippen LogP contribution in [0.2, 0.25) is 0 Å². The number of fused-ring (bicyclic) bond motifs is 1. The Bertz CT molecular complexity index is 1010. The van der Waals surface area contributed by atoms with E-state index in [-0.39, 0.29) is 36.2 Å². The molecular weight excluding hydrogens is 408 g/mol. The predicted octanol–water partition coefficient (Wildman–Crippen LogP) is 3.57. The zero-order chi connectivity index (χ0) is 21.6. The molecule has 1 saturated carbocycles. The summed E-state index contributed by atoms with van der Waals surface area (Å²) in [6.45, 7) is 0.482. The summed E-state index contributed by atoms with van der Waals surface area (Å²) in [5.41, 5.74) is 1.73. The Morgan fingerprint density at radius 2 is 1.94 bits per heavy atom. The van der Waals surface area contributed by atoms with Crippen LogP contribution < -0.4 is 14.8 Å². The van der Waals surface area contributed by atoms with Crippen molar-refractivity contribution in [1.29, 1.82) is 0 Å². The fourth-order valence-corrected chi connectivity index (χ4v) is 4.39. The van der Waals surface area contributed by atoms with Gasteiger partial charge in [-0.2, -0.15) is 0 Å². The maximum absolute atomic E-state index is 13.3. The van der Waals surface area contributed by atoms with E-state index in [1.807, 2.05) is 24.3 Å². The van der Waals surface area contributed by atoms with Gasteiger partial charge in [-0.15, -0.1) is 8.78 Å². The number of aliphatic hydroxyl groups excluding tert-OH is 1. The number of carbonyl (C=O) groups is 1. The quantitative estimate of drug-likeness (QED) is 0.757. The highest BCUT2D eigenvalue weighted by Gasteiger charge is 2.53. The van der Waals surface area contributed by atoms with E-state index in [1.165, 1.54) is 12.1 Å². The molecule has 0 spiro atoms. The first-order valence-electron chi connectivity index (χ1n) is 10.4. The molecule has 2 heterocycles. The minimum absolute atomic E-state index is 0.0256. The number of amides is 1. The van der Waals surface area contributed by atoms with Gasteiger partial charge >= 0.3 is 6.29 Å². The third kappa shape index (κ3) is 3.85. The van der Waals surface area contributed by atoms with Crippen LogP contribution in [0.5, 0.6) is 11.5 Å². The molecule has 2 N–H and O–H groups in total. The minimum Gasteiger partial charge on any atom is -0.395 e. The monoisotopic (exact) mass is 431 g/mol. The Morgan fingerprint density at radius 1 is 1.13 bits per heavy atom. The fraction of sp³-hybridized carbons (Fsp3) is 0.435. The van der Waals surface area contributed by atoms with Crippen molar-refractivity contribution in [3.05, 3.63) is 59.2 Å². The van der Waals surface area contributed by atoms with Gasteiger partial charge in [0.1, 0.15) is 0 Å². The molecule has 2 aromatic rings. The molecule has 3 aliphatic rings. The molecule has 31 heavy (non-hydrogen) atoms. The largest absolute Gasteiger partial charge is 0.586 e. The van der Waals surface area contributed by atoms with Crippen LogP contribution >= 0.6 is 0 Å². The first-order valence-corrected chi connectivity index (χ1v) is 10.4. The third-order valence-electron chi connectivity index (χ3n) is 6.26. The lowest BCUT2D eigenvalue weighted by Gasteiger charge is -2.31. The average Bonchev–Trinajstić information content (AvgIpc) is 3.51. The second-order valence-corrected chi connectivity index (χ2v) is 8.37. The molecule has 2 fully saturated rings. The van der Waals surface area contributed by atoms with E-state index in [2.05, 4.69) is 14.8 Å². The van der Waals surface area contributed by atoms with Crippen LogP contribution in [-0.2, 0) is 21.6 Å². The molecule has 1 aliphatic carbocycles. The van der Waals surface area contributed by atoms with Crippen LogP contribution in [0, 0.1) is 0 Å². The van der Waals surface area contributed by atoms with Crippen LogP contribution in [0.3, 0.4) is 0 Å². The molecule has 6 nitrogen and oxygen atoms in total. The summed E-state index contributed by atoms with van der Waals surface area (Å²) < 4.78 is 41.5. The molecular formula is C23H23F2NO5. The molecule has 5 rings (SSSR count). The lowest BCUT2D eigenvalue weighted by atomic mass is 9.92. The number of carbonyl (C=O) groups excluding carboxylic acids is 1. The van der Waals surface area contributed by atoms with Crippen molar-refractivity contribution in [2.75, 3.05) is 6.61 Å². The summed E-state index contributed by atoms with van der Waals surface area (Å²) in [6, 6.07) is 12.1. The number of hydrogen-bond acceptors (Lipinski definition) is 5. The number of halogens is 2. The van der Waals surface area contributed by atoms with Crippen LogP contribution in [0.25, 0.3) is 0 Å². The number of benzene rings is 2. The molecule has 2 aromatic carbocycles. The molecule has 0 bridgehead atoms. The maximum atomic E-state index is 13.3. The number of alkyl halides is 2. The molecule has 0 aromatic heterocycles. The zero-order valence-electron chi connectivity index (χ0n) is 16.8. The van der Waals surface area contributed by atoms with Crippen LogP contribution in [-0.4, -0.2) is 30.0 Å². The molecule has 0 unspecified atom stereocenters. The van der Waals surface area contributed by atoms with Gasteiger partial charge in [0.05, 0.1) is 18.1 Å². The highest BCUT2D eigenvalue weighted by Crippen LogP contribution is 2.52. The number of rotatable bonds is 5. The number of hydrogen-bond donors (Lipinski definition) is 2. The van der Waals surface area contributed by atoms with Gasteiger partial charge in [-0.05, 0) is 54.5 Å². The minimum atomic E-state index is -3.68. The standard InChI is InChI=1S/C23H23F2NO5/c24-23(25)30-18-5-4-16(11-20(18)31-23)22(7-8-22)21(28)26-17-6-9-29-19(12-17)15-3-1-2-14(10-15)13-27/h1-5,10-11,17,19,27H,6-9,12-13H2,(H,26,28)/t17-,19-/m1/s1. The molecule has 0 radical (unpaired) electrons. The predicted molar refractivity (Wildman–Crippen MR) is 106 cm³/mol. The summed E-state index contributed by atoms with van der Waals surface area (Å²) >= 11 is 0. The van der Waals surface area contributed by atoms with E-state index in [9.17, 15) is 18.7 Å². The van der Waals surface area contributed by atoms with Gasteiger partial charge in [-0.25, -0.2) is 0 Å². The second kappa shape index (κ2) is 7.46. The second-order valence-electron chi connectivity index (χ2n) is 8.37. The Balaban J connectivity index is 1.28. The molecule has 8 heteroatoms. The molecule has 2 atom stereocenters. The first-order chi connectivity index (χ1) is 14.9. The van der Waals surface area contributed by atoms with Gasteiger partial charge < -0.3 is 24.6 Å². The summed E-state index contributed by atoms with van der Waals surface area (Å²) in [5, 5.41) is 12.5. The van der Waals surface area contributed by atoms with Gasteiger partial charge in [0.25, 0.3) is 0 Å². The molecule has 1 amide bonds. The van der Waals surface area contributed by atoms with Gasteiger partial charge in [-0.1, -0.05) is 30.3 Å². The number of nitrogens with one attached hydrogen (secondary N) is 1. The number of ether oxygens (including phenoxy) is 3. The SMILES string of the molecule is O=C(N[C@@H]1CCO[C@@H](c2cccc(CO)c2)C1)C1(c2ccc3c(c2)OC(F)(F)O3)CC1. The van der Waals surface area contributed by atoms with Crippen molar-refractivity contribution in [2.24, 2.45) is 0 Å². The van der Waals surface area contributed by atoms with E-state index in [0.29, 0.717) is 37.9 Å². The van der Waals surface area contributed by atoms with Gasteiger partial charge in [-0.3, -0.25) is 4.79 Å². The van der Waals surface area contributed by atoms with E-state index < -0.39 is 11.7 Å². The Labute approximate surface area is 178 Å². The van der Waals surface area contributed by atoms with E-state index >= 15 is 0 Å². The van der Waals surface area contributed by atoms with Crippen molar-refractivity contribution >= 4 is 5.91 Å². The fourth-order valence-electron chi connectivity index (χ4n) is 4.39. The van der Waals surface area contributed by atoms with E-state index in [0.717, 1.165) is 11.1 Å². The van der Waals surface area contributed by atoms with Crippen molar-refractivity contribution in [3.8, 4) is 11.5 Å². The topological polar surface area (TPSA) is 77.0 Å². The van der Waals surface area contributed by atoms with Crippen LogP contribution in [0.4, 0.5) is 8.78 Å². The summed E-state index contributed by atoms with van der Waals surface area (Å²) in [5.74, 6) is -0.174. The highest BCUT2D eigenvalue weighted by molar-refractivity contribution is 5.91. The van der Waals surface area contributed by atoms with Crippen LogP contribution in [0.15, 0.2) is 42.5 Å². The smallest absolute Gasteiger partial charge is 0.395 e. The summed E-state index contributed by atoms with van der Waals surface area (Å²) in [7, 11) is 0. The van der Waals surface area contributed by atoms with Crippen molar-refractivity contribution in [2.45, 2.75) is 56.1 Å². The maximum Gasteiger partial charge on any atom is 0.586 e. The van der Waals surface area contributed by atoms with Gasteiger partial charge in [0.2, 0.25) is 5.91 Å². The van der Waals surface area contributed by atoms with Crippen molar-refractivity contribution in [3.63, 3.8) is 0 Å². The highest BCUT2D eigenvalue weighted by atomic mass is 19.3. The normalized spacial score (nSPS) is 25.1. The zero-order valence-corrected chi connectivity index (χ0v) is 16.8. The molecule has 1 saturated heterocycles. The molecule has 2 aliphatic heterocycles. The summed E-state index contributed by atoms with van der Waals surface area (Å²) in [6.07, 6.45) is -1.20. The van der Waals surface area contributed by atoms with E-state index in [4.69, 9.17) is 4.74 Å². The molecule has 164 valence electrons. The van der Waals surface area contributed by atoms with E-state index in [1.54, 1.807) is 6.07 Å². The summed E-state index contributed by atoms with van der Waals surface area (Å²) in [4.78, 5) is 13.2. The lowest BCUT2D eigenvalue weighted by Crippen LogP contribution is -2.44. The van der Waals surface area contributed by atoms with Gasteiger partial charge in [0.15, 0.2) is 11.5 Å². The van der Waals surface area contributed by atoms with Crippen molar-refractivity contribution in [1.82, 2.24) is 5.32 Å². The Kier molecular flexibility index (Phi) is 4.86. The van der Waals surface area contributed by atoms with Crippen LogP contribution in [0.1, 0.15) is 48.5 Å². The Morgan fingerprint density at radius 3 is 2.71 bits per heavy atom. The van der Waals surface area contributed by atoms with Gasteiger partial charge in [0, 0.05) is 12.6 Å². The lowest BCUT2D eigenvalue weighted by molar-refractivity contribution is -0.286.